The van der Waals surface area contributed by atoms with Crippen molar-refractivity contribution in [1.82, 2.24) is 5.12 Å². The molecule has 0 aliphatic carbocycles. The molecule has 2 aromatic carbocycles. The van der Waals surface area contributed by atoms with Gasteiger partial charge in [-0.1, -0.05) is 52.3 Å². The normalized spacial score (nSPS) is 13.4. The van der Waals surface area contributed by atoms with E-state index in [0.717, 1.165) is 30.4 Å². The van der Waals surface area contributed by atoms with Crippen molar-refractivity contribution in [3.05, 3.63) is 59.2 Å². The number of anilines is 2. The van der Waals surface area contributed by atoms with Gasteiger partial charge in [-0.25, -0.2) is 19.7 Å². The van der Waals surface area contributed by atoms with Crippen molar-refractivity contribution in [2.75, 3.05) is 12.4 Å². The third kappa shape index (κ3) is 8.02. The quantitative estimate of drug-likeness (QED) is 0.146. The lowest BCUT2D eigenvalue weighted by atomic mass is 9.73. The minimum Gasteiger partial charge on any atom is -0.382 e. The predicted octanol–water partition coefficient (Wildman–Crippen LogP) is 6.42. The molecular formula is C27H41F2N5O. The third-order valence-electron chi connectivity index (χ3n) is 5.71. The second-order valence-corrected chi connectivity index (χ2v) is 8.67. The lowest BCUT2D eigenvalue weighted by Crippen LogP contribution is -2.33. The highest BCUT2D eigenvalue weighted by molar-refractivity contribution is 6.03. The van der Waals surface area contributed by atoms with Gasteiger partial charge in [0.05, 0.1) is 5.41 Å². The minimum atomic E-state index is -2.91. The number of Topliss-reactive ketones (excluding diaryl/α,β-unsaturated/α-hetero) is 1. The van der Waals surface area contributed by atoms with Crippen molar-refractivity contribution < 1.29 is 13.6 Å². The van der Waals surface area contributed by atoms with Crippen molar-refractivity contribution in [2.24, 2.45) is 16.7 Å². The van der Waals surface area contributed by atoms with Crippen LogP contribution in [0.1, 0.15) is 83.9 Å². The molecule has 5 N–H and O–H groups in total. The molecule has 0 radical (unpaired) electrons. The summed E-state index contributed by atoms with van der Waals surface area (Å²) >= 11 is 0. The Kier molecular flexibility index (Phi) is 11.3. The first kappa shape index (κ1) is 30.0. The summed E-state index contributed by atoms with van der Waals surface area (Å²) in [5.41, 5.74) is 8.19. The summed E-state index contributed by atoms with van der Waals surface area (Å²) < 4.78 is 27.1. The van der Waals surface area contributed by atoms with Gasteiger partial charge in [0, 0.05) is 42.9 Å². The van der Waals surface area contributed by atoms with Gasteiger partial charge in [-0.05, 0) is 49.6 Å². The van der Waals surface area contributed by atoms with Gasteiger partial charge < -0.3 is 11.1 Å². The number of halogens is 2. The maximum absolute atomic E-state index is 13.5. The molecule has 0 heterocycles. The molecule has 0 aromatic heterocycles. The highest BCUT2D eigenvalue weighted by Gasteiger charge is 2.34. The zero-order chi connectivity index (χ0) is 26.8. The molecule has 0 saturated carbocycles. The molecule has 0 saturated heterocycles. The third-order valence-corrected chi connectivity index (χ3v) is 5.71. The molecule has 8 heteroatoms. The van der Waals surface area contributed by atoms with Gasteiger partial charge in [0.1, 0.15) is 5.78 Å². The number of rotatable bonds is 11. The van der Waals surface area contributed by atoms with E-state index < -0.39 is 11.3 Å². The number of hydrogen-bond donors (Lipinski definition) is 3. The van der Waals surface area contributed by atoms with Crippen LogP contribution in [0.25, 0.3) is 0 Å². The van der Waals surface area contributed by atoms with Crippen LogP contribution in [0, 0.1) is 0 Å². The first-order chi connectivity index (χ1) is 16.4. The van der Waals surface area contributed by atoms with Crippen molar-refractivity contribution in [3.63, 3.8) is 0 Å². The number of ketones is 1. The summed E-state index contributed by atoms with van der Waals surface area (Å²) in [6, 6.07) is 11.5. The molecule has 0 bridgehead atoms. The number of nitrogens with two attached hydrogens (primary N) is 2. The highest BCUT2D eigenvalue weighted by Crippen LogP contribution is 2.35. The monoisotopic (exact) mass is 489 g/mol. The van der Waals surface area contributed by atoms with Crippen LogP contribution in [0.15, 0.2) is 47.6 Å². The average molecular weight is 490 g/mol. The number of hydrazone groups is 1. The van der Waals surface area contributed by atoms with Gasteiger partial charge in [-0.15, -0.1) is 5.10 Å². The molecule has 0 spiro atoms. The zero-order valence-corrected chi connectivity index (χ0v) is 22.1. The Bertz CT molecular complexity index is 984. The standard InChI is InChI=1S/C25H35F2N5O.C2H6/c1-6-8-22(33)24(3,15-7-2)18-11-14-21(20(16-18)23(28)31-32(5)29)30-19-12-9-17(10-13-19)25(4,26)27;1-2/h9-14,16,30H,6-8,15,29H2,1-5H3,(H2,28,31);1-2H3. The Labute approximate surface area is 208 Å². The van der Waals surface area contributed by atoms with Crippen molar-refractivity contribution >= 4 is 23.0 Å². The Morgan fingerprint density at radius 2 is 1.60 bits per heavy atom. The molecule has 35 heavy (non-hydrogen) atoms. The topological polar surface area (TPSA) is 96.7 Å². The summed E-state index contributed by atoms with van der Waals surface area (Å²) in [6.45, 7) is 10.9. The molecule has 0 amide bonds. The molecule has 6 nitrogen and oxygen atoms in total. The van der Waals surface area contributed by atoms with Crippen molar-refractivity contribution in [2.45, 2.75) is 78.6 Å². The molecular weight excluding hydrogens is 448 g/mol. The number of benzene rings is 2. The minimum absolute atomic E-state index is 0.0702. The number of carbonyl (C=O) groups excluding carboxylic acids is 1. The molecule has 1 unspecified atom stereocenters. The Hall–Kier alpha value is -3.00. The van der Waals surface area contributed by atoms with Gasteiger partial charge in [0.25, 0.3) is 5.92 Å². The van der Waals surface area contributed by atoms with Crippen molar-refractivity contribution in [3.8, 4) is 0 Å². The van der Waals surface area contributed by atoms with E-state index in [0.29, 0.717) is 29.8 Å². The summed E-state index contributed by atoms with van der Waals surface area (Å²) in [5, 5.41) is 8.46. The van der Waals surface area contributed by atoms with E-state index in [1.807, 2.05) is 45.9 Å². The maximum atomic E-state index is 13.5. The number of hydrogen-bond acceptors (Lipinski definition) is 5. The molecule has 194 valence electrons. The average Bonchev–Trinajstić information content (AvgIpc) is 2.80. The van der Waals surface area contributed by atoms with Gasteiger partial charge in [-0.3, -0.25) is 4.79 Å². The zero-order valence-electron chi connectivity index (χ0n) is 22.1. The fourth-order valence-electron chi connectivity index (χ4n) is 3.88. The van der Waals surface area contributed by atoms with Crippen LogP contribution in [0.2, 0.25) is 0 Å². The van der Waals surface area contributed by atoms with Crippen LogP contribution in [0.5, 0.6) is 0 Å². The summed E-state index contributed by atoms with van der Waals surface area (Å²) in [7, 11) is 1.55. The molecule has 2 aromatic rings. The molecule has 0 aliphatic heterocycles. The van der Waals surface area contributed by atoms with E-state index >= 15 is 0 Å². The van der Waals surface area contributed by atoms with Crippen LogP contribution in [-0.2, 0) is 16.1 Å². The van der Waals surface area contributed by atoms with E-state index in [9.17, 15) is 13.6 Å². The summed E-state index contributed by atoms with van der Waals surface area (Å²) in [6.07, 6.45) is 2.83. The number of hydrazine groups is 1. The highest BCUT2D eigenvalue weighted by atomic mass is 19.3. The van der Waals surface area contributed by atoms with Crippen LogP contribution in [0.4, 0.5) is 20.2 Å². The Morgan fingerprint density at radius 3 is 2.09 bits per heavy atom. The van der Waals surface area contributed by atoms with Crippen LogP contribution >= 0.6 is 0 Å². The van der Waals surface area contributed by atoms with Crippen LogP contribution in [0.3, 0.4) is 0 Å². The van der Waals surface area contributed by atoms with Gasteiger partial charge in [0.15, 0.2) is 5.84 Å². The first-order valence-electron chi connectivity index (χ1n) is 12.2. The SMILES string of the molecule is CC.CCCC(=O)C(C)(CCC)c1ccc(Nc2ccc(C(C)(F)F)cc2)c(/C(N)=N/N(C)N)c1. The van der Waals surface area contributed by atoms with Gasteiger partial charge in [0.2, 0.25) is 0 Å². The fraction of sp³-hybridized carbons (Fsp3) is 0.481. The summed E-state index contributed by atoms with van der Waals surface area (Å²) in [4.78, 5) is 13.0. The largest absolute Gasteiger partial charge is 0.382 e. The van der Waals surface area contributed by atoms with E-state index in [-0.39, 0.29) is 17.2 Å². The molecule has 0 fully saturated rings. The van der Waals surface area contributed by atoms with E-state index in [1.165, 1.54) is 12.1 Å². The molecule has 0 aliphatic rings. The number of nitrogens with zero attached hydrogens (tertiary/aromatic N) is 2. The smallest absolute Gasteiger partial charge is 0.270 e. The number of nitrogens with one attached hydrogen (secondary N) is 1. The Balaban J connectivity index is 0.00000298. The van der Waals surface area contributed by atoms with Gasteiger partial charge in [-0.2, -0.15) is 0 Å². The maximum Gasteiger partial charge on any atom is 0.270 e. The Morgan fingerprint density at radius 1 is 1.03 bits per heavy atom. The first-order valence-corrected chi connectivity index (χ1v) is 12.2. The number of alkyl halides is 2. The number of carbonyl (C=O) groups is 1. The lowest BCUT2D eigenvalue weighted by molar-refractivity contribution is -0.124. The predicted molar refractivity (Wildman–Crippen MR) is 142 cm³/mol. The molecule has 2 rings (SSSR count). The second-order valence-electron chi connectivity index (χ2n) is 8.67. The van der Waals surface area contributed by atoms with Gasteiger partial charge >= 0.3 is 0 Å². The van der Waals surface area contributed by atoms with E-state index in [1.54, 1.807) is 19.2 Å². The van der Waals surface area contributed by atoms with Crippen LogP contribution in [-0.4, -0.2) is 23.8 Å². The van der Waals surface area contributed by atoms with Crippen LogP contribution < -0.4 is 16.9 Å². The second kappa shape index (κ2) is 13.2. The molecule has 1 atom stereocenters. The van der Waals surface area contributed by atoms with Crippen molar-refractivity contribution in [1.29, 1.82) is 0 Å². The van der Waals surface area contributed by atoms with E-state index in [2.05, 4.69) is 17.3 Å². The fourth-order valence-corrected chi connectivity index (χ4v) is 3.88. The lowest BCUT2D eigenvalue weighted by Gasteiger charge is -2.29. The van der Waals surface area contributed by atoms with E-state index in [4.69, 9.17) is 11.6 Å². The number of amidine groups is 1. The summed E-state index contributed by atoms with van der Waals surface area (Å²) in [5.74, 6) is 3.11.